The standard InChI is InChI=1S/C14H22FNS/c1-12-11-14(15)6-5-13(12)7-9-16-8-3-4-10-17-2/h5-6,11,16H,3-4,7-10H2,1-2H3. The van der Waals surface area contributed by atoms with Gasteiger partial charge in [0.25, 0.3) is 0 Å². The van der Waals surface area contributed by atoms with E-state index in [4.69, 9.17) is 0 Å². The van der Waals surface area contributed by atoms with Gasteiger partial charge in [-0.25, -0.2) is 4.39 Å². The van der Waals surface area contributed by atoms with Crippen molar-refractivity contribution >= 4 is 11.8 Å². The molecule has 0 aliphatic heterocycles. The number of hydrogen-bond acceptors (Lipinski definition) is 2. The maximum absolute atomic E-state index is 12.9. The first-order valence-corrected chi connectivity index (χ1v) is 7.58. The average Bonchev–Trinajstić information content (AvgIpc) is 2.30. The van der Waals surface area contributed by atoms with E-state index in [1.54, 1.807) is 12.1 Å². The first-order chi connectivity index (χ1) is 8.24. The Morgan fingerprint density at radius 3 is 2.76 bits per heavy atom. The van der Waals surface area contributed by atoms with Crippen LogP contribution < -0.4 is 5.32 Å². The summed E-state index contributed by atoms with van der Waals surface area (Å²) in [6.07, 6.45) is 5.65. The van der Waals surface area contributed by atoms with E-state index in [9.17, 15) is 4.39 Å². The van der Waals surface area contributed by atoms with Crippen molar-refractivity contribution in [3.63, 3.8) is 0 Å². The Hall–Kier alpha value is -0.540. The fraction of sp³-hybridized carbons (Fsp3) is 0.571. The lowest BCUT2D eigenvalue weighted by atomic mass is 10.1. The molecule has 96 valence electrons. The molecule has 0 bridgehead atoms. The third-order valence-corrected chi connectivity index (χ3v) is 3.52. The molecule has 0 aliphatic carbocycles. The normalized spacial score (nSPS) is 10.8. The van der Waals surface area contributed by atoms with Crippen LogP contribution in [0.1, 0.15) is 24.0 Å². The van der Waals surface area contributed by atoms with Crippen LogP contribution in [-0.2, 0) is 6.42 Å². The van der Waals surface area contributed by atoms with Crippen molar-refractivity contribution in [3.8, 4) is 0 Å². The molecule has 1 nitrogen and oxygen atoms in total. The molecule has 0 fully saturated rings. The first-order valence-electron chi connectivity index (χ1n) is 6.18. The highest BCUT2D eigenvalue weighted by atomic mass is 32.2. The summed E-state index contributed by atoms with van der Waals surface area (Å²) < 4.78 is 12.9. The Kier molecular flexibility index (Phi) is 7.29. The maximum Gasteiger partial charge on any atom is 0.123 e. The number of unbranched alkanes of at least 4 members (excludes halogenated alkanes) is 1. The van der Waals surface area contributed by atoms with Crippen molar-refractivity contribution in [1.29, 1.82) is 0 Å². The number of benzene rings is 1. The van der Waals surface area contributed by atoms with E-state index in [0.717, 1.165) is 25.1 Å². The molecule has 0 aliphatic rings. The SMILES string of the molecule is CSCCCCNCCc1ccc(F)cc1C. The van der Waals surface area contributed by atoms with Crippen LogP contribution in [0.5, 0.6) is 0 Å². The van der Waals surface area contributed by atoms with Gasteiger partial charge in [-0.15, -0.1) is 0 Å². The topological polar surface area (TPSA) is 12.0 Å². The van der Waals surface area contributed by atoms with Crippen LogP contribution in [0.4, 0.5) is 4.39 Å². The molecule has 0 unspecified atom stereocenters. The number of halogens is 1. The van der Waals surface area contributed by atoms with E-state index in [1.165, 1.54) is 24.2 Å². The molecule has 3 heteroatoms. The van der Waals surface area contributed by atoms with E-state index < -0.39 is 0 Å². The van der Waals surface area contributed by atoms with Crippen molar-refractivity contribution in [2.24, 2.45) is 0 Å². The van der Waals surface area contributed by atoms with E-state index in [1.807, 2.05) is 24.8 Å². The lowest BCUT2D eigenvalue weighted by Crippen LogP contribution is -2.19. The lowest BCUT2D eigenvalue weighted by molar-refractivity contribution is 0.622. The second-order valence-electron chi connectivity index (χ2n) is 4.27. The number of hydrogen-bond donors (Lipinski definition) is 1. The van der Waals surface area contributed by atoms with Crippen LogP contribution in [0, 0.1) is 12.7 Å². The number of nitrogens with one attached hydrogen (secondary N) is 1. The Morgan fingerprint density at radius 1 is 1.24 bits per heavy atom. The second kappa shape index (κ2) is 8.54. The minimum Gasteiger partial charge on any atom is -0.316 e. The Balaban J connectivity index is 2.14. The number of aryl methyl sites for hydroxylation is 1. The summed E-state index contributed by atoms with van der Waals surface area (Å²) in [6.45, 7) is 4.03. The van der Waals surface area contributed by atoms with Crippen molar-refractivity contribution in [3.05, 3.63) is 35.1 Å². The molecule has 17 heavy (non-hydrogen) atoms. The molecule has 0 saturated carbocycles. The summed E-state index contributed by atoms with van der Waals surface area (Å²) in [5, 5.41) is 3.43. The van der Waals surface area contributed by atoms with Gasteiger partial charge in [-0.05, 0) is 74.5 Å². The summed E-state index contributed by atoms with van der Waals surface area (Å²) in [5.41, 5.74) is 2.29. The van der Waals surface area contributed by atoms with Gasteiger partial charge in [0.15, 0.2) is 0 Å². The monoisotopic (exact) mass is 255 g/mol. The largest absolute Gasteiger partial charge is 0.316 e. The lowest BCUT2D eigenvalue weighted by Gasteiger charge is -2.07. The van der Waals surface area contributed by atoms with E-state index in [2.05, 4.69) is 11.6 Å². The fourth-order valence-electron chi connectivity index (χ4n) is 1.78. The molecule has 0 amide bonds. The van der Waals surface area contributed by atoms with Gasteiger partial charge >= 0.3 is 0 Å². The maximum atomic E-state index is 12.9. The predicted molar refractivity (Wildman–Crippen MR) is 75.3 cm³/mol. The summed E-state index contributed by atoms with van der Waals surface area (Å²) in [7, 11) is 0. The van der Waals surface area contributed by atoms with Crippen molar-refractivity contribution in [1.82, 2.24) is 5.32 Å². The molecule has 0 saturated heterocycles. The van der Waals surface area contributed by atoms with E-state index in [0.29, 0.717) is 0 Å². The molecule has 0 spiro atoms. The van der Waals surface area contributed by atoms with Crippen molar-refractivity contribution < 1.29 is 4.39 Å². The van der Waals surface area contributed by atoms with Gasteiger partial charge in [0.05, 0.1) is 0 Å². The van der Waals surface area contributed by atoms with Crippen LogP contribution in [0.15, 0.2) is 18.2 Å². The van der Waals surface area contributed by atoms with E-state index >= 15 is 0 Å². The zero-order valence-corrected chi connectivity index (χ0v) is 11.6. The summed E-state index contributed by atoms with van der Waals surface area (Å²) >= 11 is 1.90. The third-order valence-electron chi connectivity index (χ3n) is 2.83. The van der Waals surface area contributed by atoms with Crippen molar-refractivity contribution in [2.45, 2.75) is 26.2 Å². The minimum atomic E-state index is -0.142. The molecule has 0 atom stereocenters. The Bertz CT molecular complexity index is 328. The van der Waals surface area contributed by atoms with Crippen LogP contribution in [0.2, 0.25) is 0 Å². The summed E-state index contributed by atoms with van der Waals surface area (Å²) in [4.78, 5) is 0. The zero-order chi connectivity index (χ0) is 12.5. The molecular weight excluding hydrogens is 233 g/mol. The molecular formula is C14H22FNS. The fourth-order valence-corrected chi connectivity index (χ4v) is 2.28. The quantitative estimate of drug-likeness (QED) is 0.714. The van der Waals surface area contributed by atoms with Gasteiger partial charge in [0.2, 0.25) is 0 Å². The molecule has 0 heterocycles. The van der Waals surface area contributed by atoms with Crippen LogP contribution in [-0.4, -0.2) is 25.1 Å². The smallest absolute Gasteiger partial charge is 0.123 e. The van der Waals surface area contributed by atoms with Gasteiger partial charge in [0, 0.05) is 0 Å². The highest BCUT2D eigenvalue weighted by Crippen LogP contribution is 2.10. The molecule has 1 aromatic rings. The van der Waals surface area contributed by atoms with Gasteiger partial charge in [-0.3, -0.25) is 0 Å². The Morgan fingerprint density at radius 2 is 2.06 bits per heavy atom. The predicted octanol–water partition coefficient (Wildman–Crippen LogP) is 3.41. The van der Waals surface area contributed by atoms with Crippen LogP contribution >= 0.6 is 11.8 Å². The third kappa shape index (κ3) is 6.08. The van der Waals surface area contributed by atoms with E-state index in [-0.39, 0.29) is 5.82 Å². The summed E-state index contributed by atoms with van der Waals surface area (Å²) in [6, 6.07) is 5.04. The minimum absolute atomic E-state index is 0.142. The second-order valence-corrected chi connectivity index (χ2v) is 5.26. The molecule has 1 aromatic carbocycles. The van der Waals surface area contributed by atoms with Gasteiger partial charge in [0.1, 0.15) is 5.82 Å². The molecule has 0 radical (unpaired) electrons. The highest BCUT2D eigenvalue weighted by molar-refractivity contribution is 7.98. The Labute approximate surface area is 108 Å². The summed E-state index contributed by atoms with van der Waals surface area (Å²) in [5.74, 6) is 1.11. The van der Waals surface area contributed by atoms with Crippen molar-refractivity contribution in [2.75, 3.05) is 25.1 Å². The first kappa shape index (κ1) is 14.5. The number of rotatable bonds is 8. The highest BCUT2D eigenvalue weighted by Gasteiger charge is 1.99. The van der Waals surface area contributed by atoms with Gasteiger partial charge < -0.3 is 5.32 Å². The van der Waals surface area contributed by atoms with Crippen LogP contribution in [0.25, 0.3) is 0 Å². The van der Waals surface area contributed by atoms with Gasteiger partial charge in [-0.1, -0.05) is 6.07 Å². The molecule has 1 N–H and O–H groups in total. The van der Waals surface area contributed by atoms with Crippen LogP contribution in [0.3, 0.4) is 0 Å². The van der Waals surface area contributed by atoms with Gasteiger partial charge in [-0.2, -0.15) is 11.8 Å². The molecule has 0 aromatic heterocycles. The average molecular weight is 255 g/mol. The zero-order valence-electron chi connectivity index (χ0n) is 10.8. The molecule has 1 rings (SSSR count). The number of thioether (sulfide) groups is 1.